The Hall–Kier alpha value is -1.71. The number of aryl methyl sites for hydroxylation is 2. The smallest absolute Gasteiger partial charge is 0.259 e. The number of thiophene rings is 1. The standard InChI is InChI=1S/C14H15N5OS3/c1-4-5-15-13-18-19-14(23-13)21-6-9-16-11(20)10-7(2)8(3)22-12(10)17-9/h4H,1,5-6H2,2-3H3,(H,15,18)(H,16,17,20). The third kappa shape index (κ3) is 3.46. The number of thioether (sulfide) groups is 1. The van der Waals surface area contributed by atoms with E-state index in [4.69, 9.17) is 0 Å². The Morgan fingerprint density at radius 3 is 2.96 bits per heavy atom. The van der Waals surface area contributed by atoms with Gasteiger partial charge in [0.2, 0.25) is 5.13 Å². The van der Waals surface area contributed by atoms with E-state index in [1.807, 2.05) is 13.8 Å². The molecule has 3 aromatic rings. The number of hydrogen-bond donors (Lipinski definition) is 2. The van der Waals surface area contributed by atoms with Gasteiger partial charge in [0.25, 0.3) is 5.56 Å². The van der Waals surface area contributed by atoms with Crippen LogP contribution in [0, 0.1) is 13.8 Å². The number of rotatable bonds is 6. The van der Waals surface area contributed by atoms with Gasteiger partial charge in [-0.15, -0.1) is 28.1 Å². The Kier molecular flexibility index (Phi) is 4.79. The summed E-state index contributed by atoms with van der Waals surface area (Å²) in [5.74, 6) is 1.21. The molecule has 3 aromatic heterocycles. The lowest BCUT2D eigenvalue weighted by Gasteiger charge is -1.99. The molecule has 0 radical (unpaired) electrons. The minimum Gasteiger partial charge on any atom is -0.357 e. The van der Waals surface area contributed by atoms with E-state index in [2.05, 4.69) is 32.1 Å². The van der Waals surface area contributed by atoms with Crippen molar-refractivity contribution in [3.05, 3.63) is 39.3 Å². The third-order valence-electron chi connectivity index (χ3n) is 3.22. The Labute approximate surface area is 145 Å². The molecule has 0 aliphatic rings. The van der Waals surface area contributed by atoms with Gasteiger partial charge < -0.3 is 10.3 Å². The summed E-state index contributed by atoms with van der Waals surface area (Å²) in [5.41, 5.74) is 0.943. The lowest BCUT2D eigenvalue weighted by Crippen LogP contribution is -2.10. The van der Waals surface area contributed by atoms with Gasteiger partial charge in [0.05, 0.1) is 11.1 Å². The van der Waals surface area contributed by atoms with Crippen molar-refractivity contribution in [1.82, 2.24) is 20.2 Å². The topological polar surface area (TPSA) is 83.6 Å². The Balaban J connectivity index is 1.75. The second-order valence-corrected chi connectivity index (χ2v) is 8.21. The average Bonchev–Trinajstić information content (AvgIpc) is 3.08. The van der Waals surface area contributed by atoms with Crippen molar-refractivity contribution >= 4 is 49.8 Å². The highest BCUT2D eigenvalue weighted by atomic mass is 32.2. The number of aromatic amines is 1. The molecular formula is C14H15N5OS3. The van der Waals surface area contributed by atoms with Crippen LogP contribution in [0.2, 0.25) is 0 Å². The molecule has 0 atom stereocenters. The molecule has 120 valence electrons. The first-order valence-electron chi connectivity index (χ1n) is 6.88. The molecule has 0 aliphatic heterocycles. The number of nitrogens with zero attached hydrogens (tertiary/aromatic N) is 3. The van der Waals surface area contributed by atoms with Crippen molar-refractivity contribution < 1.29 is 0 Å². The fourth-order valence-corrected chi connectivity index (χ4v) is 4.67. The number of hydrogen-bond acceptors (Lipinski definition) is 8. The lowest BCUT2D eigenvalue weighted by molar-refractivity contribution is 0.999. The minimum absolute atomic E-state index is 0.0712. The normalized spacial score (nSPS) is 11.0. The van der Waals surface area contributed by atoms with Gasteiger partial charge in [-0.1, -0.05) is 29.2 Å². The quantitative estimate of drug-likeness (QED) is 0.515. The van der Waals surface area contributed by atoms with E-state index < -0.39 is 0 Å². The van der Waals surface area contributed by atoms with E-state index in [9.17, 15) is 4.79 Å². The summed E-state index contributed by atoms with van der Waals surface area (Å²) in [6, 6.07) is 0. The fraction of sp³-hybridized carbons (Fsp3) is 0.286. The largest absolute Gasteiger partial charge is 0.357 e. The van der Waals surface area contributed by atoms with Gasteiger partial charge in [-0.05, 0) is 19.4 Å². The van der Waals surface area contributed by atoms with Crippen LogP contribution in [-0.2, 0) is 5.75 Å². The Bertz CT molecular complexity index is 911. The van der Waals surface area contributed by atoms with Crippen molar-refractivity contribution in [1.29, 1.82) is 0 Å². The summed E-state index contributed by atoms with van der Waals surface area (Å²) in [7, 11) is 0. The lowest BCUT2D eigenvalue weighted by atomic mass is 10.2. The van der Waals surface area contributed by atoms with Gasteiger partial charge in [0, 0.05) is 11.4 Å². The number of nitrogens with one attached hydrogen (secondary N) is 2. The zero-order chi connectivity index (χ0) is 16.4. The van der Waals surface area contributed by atoms with Crippen LogP contribution in [0.15, 0.2) is 21.8 Å². The zero-order valence-electron chi connectivity index (χ0n) is 12.7. The predicted octanol–water partition coefficient (Wildman–Crippen LogP) is 3.34. The molecule has 23 heavy (non-hydrogen) atoms. The molecular weight excluding hydrogens is 350 g/mol. The van der Waals surface area contributed by atoms with Crippen LogP contribution in [0.5, 0.6) is 0 Å². The molecule has 0 saturated carbocycles. The SMILES string of the molecule is C=CCNc1nnc(SCc2nc3sc(C)c(C)c3c(=O)[nH]2)s1. The van der Waals surface area contributed by atoms with Crippen LogP contribution in [-0.4, -0.2) is 26.7 Å². The van der Waals surface area contributed by atoms with Crippen LogP contribution in [0.4, 0.5) is 5.13 Å². The zero-order valence-corrected chi connectivity index (χ0v) is 15.1. The van der Waals surface area contributed by atoms with E-state index in [1.54, 1.807) is 17.4 Å². The first-order chi connectivity index (χ1) is 11.1. The minimum atomic E-state index is -0.0712. The molecule has 0 fully saturated rings. The summed E-state index contributed by atoms with van der Waals surface area (Å²) in [6.07, 6.45) is 1.77. The average molecular weight is 366 g/mol. The van der Waals surface area contributed by atoms with Crippen molar-refractivity contribution in [2.24, 2.45) is 0 Å². The van der Waals surface area contributed by atoms with Crippen molar-refractivity contribution in [2.75, 3.05) is 11.9 Å². The molecule has 3 rings (SSSR count). The number of fused-ring (bicyclic) bond motifs is 1. The van der Waals surface area contributed by atoms with E-state index in [1.165, 1.54) is 23.1 Å². The number of anilines is 1. The van der Waals surface area contributed by atoms with Crippen LogP contribution < -0.4 is 10.9 Å². The Morgan fingerprint density at radius 2 is 2.17 bits per heavy atom. The van der Waals surface area contributed by atoms with E-state index >= 15 is 0 Å². The van der Waals surface area contributed by atoms with Crippen LogP contribution in [0.25, 0.3) is 10.2 Å². The highest BCUT2D eigenvalue weighted by Gasteiger charge is 2.12. The molecule has 0 aliphatic carbocycles. The van der Waals surface area contributed by atoms with Gasteiger partial charge >= 0.3 is 0 Å². The van der Waals surface area contributed by atoms with Crippen LogP contribution in [0.1, 0.15) is 16.3 Å². The second kappa shape index (κ2) is 6.81. The highest BCUT2D eigenvalue weighted by molar-refractivity contribution is 8.00. The van der Waals surface area contributed by atoms with Crippen molar-refractivity contribution in [2.45, 2.75) is 23.9 Å². The van der Waals surface area contributed by atoms with Crippen molar-refractivity contribution in [3.63, 3.8) is 0 Å². The maximum Gasteiger partial charge on any atom is 0.259 e. The highest BCUT2D eigenvalue weighted by Crippen LogP contribution is 2.29. The van der Waals surface area contributed by atoms with E-state index in [-0.39, 0.29) is 5.56 Å². The summed E-state index contributed by atoms with van der Waals surface area (Å²) in [4.78, 5) is 21.6. The summed E-state index contributed by atoms with van der Waals surface area (Å²) >= 11 is 4.54. The summed E-state index contributed by atoms with van der Waals surface area (Å²) in [5, 5.41) is 12.7. The molecule has 0 amide bonds. The van der Waals surface area contributed by atoms with E-state index in [0.717, 1.165) is 24.7 Å². The Morgan fingerprint density at radius 1 is 1.35 bits per heavy atom. The first-order valence-corrected chi connectivity index (χ1v) is 9.50. The molecule has 3 heterocycles. The fourth-order valence-electron chi connectivity index (χ4n) is 2.00. The van der Waals surface area contributed by atoms with Gasteiger partial charge in [-0.2, -0.15) is 0 Å². The summed E-state index contributed by atoms with van der Waals surface area (Å²) < 4.78 is 0.831. The monoisotopic (exact) mass is 365 g/mol. The third-order valence-corrected chi connectivity index (χ3v) is 6.35. The van der Waals surface area contributed by atoms with Crippen LogP contribution in [0.3, 0.4) is 0 Å². The van der Waals surface area contributed by atoms with Gasteiger partial charge in [-0.3, -0.25) is 4.79 Å². The van der Waals surface area contributed by atoms with E-state index in [0.29, 0.717) is 23.5 Å². The maximum atomic E-state index is 12.2. The molecule has 0 spiro atoms. The molecule has 9 heteroatoms. The molecule has 0 saturated heterocycles. The molecule has 0 aromatic carbocycles. The first kappa shape index (κ1) is 16.2. The van der Waals surface area contributed by atoms with Crippen molar-refractivity contribution in [3.8, 4) is 0 Å². The summed E-state index contributed by atoms with van der Waals surface area (Å²) in [6.45, 7) is 8.27. The number of H-pyrrole nitrogens is 1. The van der Waals surface area contributed by atoms with Crippen LogP contribution >= 0.6 is 34.4 Å². The second-order valence-electron chi connectivity index (χ2n) is 4.81. The molecule has 0 unspecified atom stereocenters. The molecule has 6 nitrogen and oxygen atoms in total. The van der Waals surface area contributed by atoms with Gasteiger partial charge in [0.15, 0.2) is 4.34 Å². The molecule has 2 N–H and O–H groups in total. The number of aromatic nitrogens is 4. The van der Waals surface area contributed by atoms with Gasteiger partial charge in [0.1, 0.15) is 10.7 Å². The molecule has 0 bridgehead atoms. The van der Waals surface area contributed by atoms with Gasteiger partial charge in [-0.25, -0.2) is 4.98 Å². The maximum absolute atomic E-state index is 12.2. The predicted molar refractivity (Wildman–Crippen MR) is 97.9 cm³/mol.